The number of benzene rings is 1. The summed E-state index contributed by atoms with van der Waals surface area (Å²) in [6.07, 6.45) is 5.89. The molecule has 0 radical (unpaired) electrons. The molecule has 1 aromatic heterocycles. The van der Waals surface area contributed by atoms with Crippen molar-refractivity contribution in [2.45, 2.75) is 52.1 Å². The molecule has 166 valence electrons. The molecule has 2 unspecified atom stereocenters. The van der Waals surface area contributed by atoms with E-state index in [-0.39, 0.29) is 24.0 Å². The average Bonchev–Trinajstić information content (AvgIpc) is 3.43. The lowest BCUT2D eigenvalue weighted by molar-refractivity contribution is 0.187. The highest BCUT2D eigenvalue weighted by Gasteiger charge is 2.15. The molecule has 7 nitrogen and oxygen atoms in total. The molecule has 8 heteroatoms. The summed E-state index contributed by atoms with van der Waals surface area (Å²) in [6, 6.07) is 11.0. The van der Waals surface area contributed by atoms with E-state index < -0.39 is 0 Å². The molecule has 2 aromatic rings. The standard InChI is InChI=1S/C22H34N6O.HI/c1-3-21-27-25-17-28(21)13-12-23-22(24-15-20-11-14-29-16-20)26-18(2)9-10-19-7-5-4-6-8-19;/h4-8,17-18,20H,3,9-16H2,1-2H3,(H2,23,24,26);1H. The number of nitrogens with zero attached hydrogens (tertiary/aromatic N) is 4. The van der Waals surface area contributed by atoms with Gasteiger partial charge in [-0.05, 0) is 31.7 Å². The van der Waals surface area contributed by atoms with Crippen LogP contribution in [-0.2, 0) is 24.1 Å². The van der Waals surface area contributed by atoms with Gasteiger partial charge in [0.05, 0.1) is 6.61 Å². The molecule has 1 aliphatic heterocycles. The van der Waals surface area contributed by atoms with Crippen molar-refractivity contribution in [2.75, 3.05) is 26.3 Å². The van der Waals surface area contributed by atoms with Gasteiger partial charge in [0.2, 0.25) is 0 Å². The van der Waals surface area contributed by atoms with Crippen LogP contribution in [0.15, 0.2) is 41.7 Å². The molecule has 3 rings (SSSR count). The zero-order valence-electron chi connectivity index (χ0n) is 18.1. The third-order valence-corrected chi connectivity index (χ3v) is 5.28. The average molecular weight is 526 g/mol. The number of halogens is 1. The zero-order chi connectivity index (χ0) is 20.3. The minimum absolute atomic E-state index is 0. The van der Waals surface area contributed by atoms with Crippen LogP contribution in [0.4, 0.5) is 0 Å². The van der Waals surface area contributed by atoms with Gasteiger partial charge >= 0.3 is 0 Å². The summed E-state index contributed by atoms with van der Waals surface area (Å²) in [7, 11) is 0. The summed E-state index contributed by atoms with van der Waals surface area (Å²) in [5, 5.41) is 15.2. The maximum absolute atomic E-state index is 5.49. The van der Waals surface area contributed by atoms with E-state index in [0.29, 0.717) is 12.0 Å². The van der Waals surface area contributed by atoms with E-state index in [2.05, 4.69) is 69.6 Å². The van der Waals surface area contributed by atoms with E-state index >= 15 is 0 Å². The SMILES string of the molecule is CCc1nncn1CCNC(=NCC1CCOC1)NC(C)CCc1ccccc1.I. The number of hydrogen-bond acceptors (Lipinski definition) is 4. The van der Waals surface area contributed by atoms with E-state index in [9.17, 15) is 0 Å². The molecule has 1 aliphatic rings. The molecule has 0 aliphatic carbocycles. The van der Waals surface area contributed by atoms with Crippen LogP contribution in [0, 0.1) is 5.92 Å². The lowest BCUT2D eigenvalue weighted by Gasteiger charge is -2.19. The molecule has 30 heavy (non-hydrogen) atoms. The normalized spacial score (nSPS) is 17.4. The van der Waals surface area contributed by atoms with Gasteiger partial charge in [0.1, 0.15) is 12.2 Å². The molecule has 0 bridgehead atoms. The van der Waals surface area contributed by atoms with Crippen molar-refractivity contribution in [3.8, 4) is 0 Å². The summed E-state index contributed by atoms with van der Waals surface area (Å²) in [4.78, 5) is 4.84. The lowest BCUT2D eigenvalue weighted by Crippen LogP contribution is -2.44. The van der Waals surface area contributed by atoms with Gasteiger partial charge in [-0.1, -0.05) is 37.3 Å². The van der Waals surface area contributed by atoms with Crippen molar-refractivity contribution < 1.29 is 4.74 Å². The van der Waals surface area contributed by atoms with Gasteiger partial charge in [-0.25, -0.2) is 0 Å². The van der Waals surface area contributed by atoms with Crippen LogP contribution >= 0.6 is 24.0 Å². The van der Waals surface area contributed by atoms with Gasteiger partial charge in [-0.2, -0.15) is 0 Å². The van der Waals surface area contributed by atoms with E-state index in [1.807, 2.05) is 0 Å². The van der Waals surface area contributed by atoms with Gasteiger partial charge in [0.15, 0.2) is 5.96 Å². The molecule has 1 saturated heterocycles. The Kier molecular flexibility index (Phi) is 11.1. The molecule has 2 N–H and O–H groups in total. The predicted molar refractivity (Wildman–Crippen MR) is 131 cm³/mol. The number of aromatic nitrogens is 3. The van der Waals surface area contributed by atoms with Crippen LogP contribution in [0.2, 0.25) is 0 Å². The minimum Gasteiger partial charge on any atom is -0.381 e. The Morgan fingerprint density at radius 2 is 2.17 bits per heavy atom. The number of guanidine groups is 1. The number of ether oxygens (including phenoxy) is 1. The van der Waals surface area contributed by atoms with Crippen LogP contribution < -0.4 is 10.6 Å². The van der Waals surface area contributed by atoms with Crippen molar-refractivity contribution in [1.29, 1.82) is 0 Å². The first-order chi connectivity index (χ1) is 14.2. The number of rotatable bonds is 10. The second-order valence-electron chi connectivity index (χ2n) is 7.71. The van der Waals surface area contributed by atoms with E-state index in [1.54, 1.807) is 6.33 Å². The topological polar surface area (TPSA) is 76.4 Å². The number of aryl methyl sites for hydroxylation is 2. The van der Waals surface area contributed by atoms with Crippen LogP contribution in [0.5, 0.6) is 0 Å². The molecular formula is C22H35IN6O. The first kappa shape index (κ1) is 24.6. The lowest BCUT2D eigenvalue weighted by atomic mass is 10.1. The summed E-state index contributed by atoms with van der Waals surface area (Å²) in [5.41, 5.74) is 1.37. The molecule has 0 spiro atoms. The highest BCUT2D eigenvalue weighted by Crippen LogP contribution is 2.12. The van der Waals surface area contributed by atoms with E-state index in [0.717, 1.165) is 70.3 Å². The number of aliphatic imine (C=N–C) groups is 1. The predicted octanol–water partition coefficient (Wildman–Crippen LogP) is 3.05. The monoisotopic (exact) mass is 526 g/mol. The summed E-state index contributed by atoms with van der Waals surface area (Å²) in [6.45, 7) is 8.39. The fourth-order valence-corrected chi connectivity index (χ4v) is 3.47. The van der Waals surface area contributed by atoms with Crippen molar-refractivity contribution in [1.82, 2.24) is 25.4 Å². The van der Waals surface area contributed by atoms with Crippen LogP contribution in [0.1, 0.15) is 38.1 Å². The van der Waals surface area contributed by atoms with E-state index in [1.165, 1.54) is 5.56 Å². The third kappa shape index (κ3) is 8.22. The second kappa shape index (κ2) is 13.6. The highest BCUT2D eigenvalue weighted by molar-refractivity contribution is 14.0. The minimum atomic E-state index is 0. The largest absolute Gasteiger partial charge is 0.381 e. The quantitative estimate of drug-likeness (QED) is 0.283. The first-order valence-corrected chi connectivity index (χ1v) is 10.8. The highest BCUT2D eigenvalue weighted by atomic mass is 127. The molecule has 1 fully saturated rings. The fourth-order valence-electron chi connectivity index (χ4n) is 3.47. The Bertz CT molecular complexity index is 745. The zero-order valence-corrected chi connectivity index (χ0v) is 20.4. The number of hydrogen-bond donors (Lipinski definition) is 2. The molecule has 1 aromatic carbocycles. The first-order valence-electron chi connectivity index (χ1n) is 10.8. The van der Waals surface area contributed by atoms with Crippen molar-refractivity contribution in [3.63, 3.8) is 0 Å². The van der Waals surface area contributed by atoms with Crippen molar-refractivity contribution in [2.24, 2.45) is 10.9 Å². The van der Waals surface area contributed by atoms with Gasteiger partial charge in [-0.15, -0.1) is 34.2 Å². The van der Waals surface area contributed by atoms with Crippen LogP contribution in [0.3, 0.4) is 0 Å². The Morgan fingerprint density at radius 1 is 1.33 bits per heavy atom. The van der Waals surface area contributed by atoms with Gasteiger partial charge in [0, 0.05) is 44.6 Å². The molecule has 0 saturated carbocycles. The Labute approximate surface area is 197 Å². The maximum Gasteiger partial charge on any atom is 0.191 e. The molecule has 0 amide bonds. The maximum atomic E-state index is 5.49. The molecular weight excluding hydrogens is 491 g/mol. The molecule has 2 atom stereocenters. The summed E-state index contributed by atoms with van der Waals surface area (Å²) >= 11 is 0. The molecule has 2 heterocycles. The van der Waals surface area contributed by atoms with Crippen LogP contribution in [-0.4, -0.2) is 53.1 Å². The van der Waals surface area contributed by atoms with Crippen molar-refractivity contribution >= 4 is 29.9 Å². The van der Waals surface area contributed by atoms with Gasteiger partial charge < -0.3 is 19.9 Å². The summed E-state index contributed by atoms with van der Waals surface area (Å²) in [5.74, 6) is 2.42. The summed E-state index contributed by atoms with van der Waals surface area (Å²) < 4.78 is 7.58. The van der Waals surface area contributed by atoms with E-state index in [4.69, 9.17) is 9.73 Å². The van der Waals surface area contributed by atoms with Gasteiger partial charge in [-0.3, -0.25) is 4.99 Å². The Balaban J connectivity index is 0.00000320. The smallest absolute Gasteiger partial charge is 0.191 e. The second-order valence-corrected chi connectivity index (χ2v) is 7.71. The van der Waals surface area contributed by atoms with Crippen LogP contribution in [0.25, 0.3) is 0 Å². The number of nitrogens with one attached hydrogen (secondary N) is 2. The Morgan fingerprint density at radius 3 is 2.90 bits per heavy atom. The third-order valence-electron chi connectivity index (χ3n) is 5.28. The fraction of sp³-hybridized carbons (Fsp3) is 0.591. The van der Waals surface area contributed by atoms with Crippen molar-refractivity contribution in [3.05, 3.63) is 48.0 Å². The Hall–Kier alpha value is -1.68. The van der Waals surface area contributed by atoms with Gasteiger partial charge in [0.25, 0.3) is 0 Å².